The fourth-order valence-electron chi connectivity index (χ4n) is 3.09. The smallest absolute Gasteiger partial charge is 0.332 e. The van der Waals surface area contributed by atoms with Gasteiger partial charge in [0.15, 0.2) is 0 Å². The molecule has 1 aromatic carbocycles. The van der Waals surface area contributed by atoms with Gasteiger partial charge in [-0.15, -0.1) is 0 Å². The Morgan fingerprint density at radius 3 is 2.52 bits per heavy atom. The summed E-state index contributed by atoms with van der Waals surface area (Å²) in [7, 11) is 1.72. The van der Waals surface area contributed by atoms with E-state index in [9.17, 15) is 9.59 Å². The van der Waals surface area contributed by atoms with E-state index in [0.29, 0.717) is 0 Å². The number of aromatic nitrogens is 2. The van der Waals surface area contributed by atoms with E-state index in [-0.39, 0.29) is 17.5 Å². The highest BCUT2D eigenvalue weighted by atomic mass is 16.4. The molecule has 110 valence electrons. The van der Waals surface area contributed by atoms with Gasteiger partial charge in [0.1, 0.15) is 0 Å². The zero-order valence-electron chi connectivity index (χ0n) is 12.2. The first kappa shape index (κ1) is 13.7. The highest BCUT2D eigenvalue weighted by Crippen LogP contribution is 2.52. The van der Waals surface area contributed by atoms with Crippen LogP contribution in [0.15, 0.2) is 35.3 Å². The average molecular weight is 286 g/mol. The van der Waals surface area contributed by atoms with Gasteiger partial charge in [0, 0.05) is 24.4 Å². The van der Waals surface area contributed by atoms with Gasteiger partial charge >= 0.3 is 11.7 Å². The quantitative estimate of drug-likeness (QED) is 0.935. The van der Waals surface area contributed by atoms with Gasteiger partial charge in [-0.25, -0.2) is 4.79 Å². The molecule has 5 heteroatoms. The molecule has 0 radical (unpaired) electrons. The number of benzene rings is 1. The normalized spacial score (nSPS) is 15.9. The second kappa shape index (κ2) is 4.62. The zero-order chi connectivity index (χ0) is 15.2. The van der Waals surface area contributed by atoms with Crippen LogP contribution in [0.2, 0.25) is 0 Å². The summed E-state index contributed by atoms with van der Waals surface area (Å²) in [6.45, 7) is 1.88. The third-order valence-corrected chi connectivity index (χ3v) is 4.29. The van der Waals surface area contributed by atoms with E-state index in [1.54, 1.807) is 22.4 Å². The number of imidazole rings is 1. The summed E-state index contributed by atoms with van der Waals surface area (Å²) in [6, 6.07) is 7.63. The summed E-state index contributed by atoms with van der Waals surface area (Å²) in [5.41, 5.74) is 2.19. The Balaban J connectivity index is 2.18. The zero-order valence-corrected chi connectivity index (χ0v) is 12.2. The number of nitrogens with zero attached hydrogens (tertiary/aromatic N) is 2. The predicted molar refractivity (Wildman–Crippen MR) is 78.9 cm³/mol. The Labute approximate surface area is 122 Å². The molecule has 1 aromatic heterocycles. The molecule has 21 heavy (non-hydrogen) atoms. The number of para-hydroxylation sites is 1. The molecule has 1 heterocycles. The van der Waals surface area contributed by atoms with Gasteiger partial charge in [-0.05, 0) is 31.4 Å². The minimum atomic E-state index is -0.792. The molecule has 0 bridgehead atoms. The van der Waals surface area contributed by atoms with E-state index in [0.717, 1.165) is 29.8 Å². The summed E-state index contributed by atoms with van der Waals surface area (Å²) >= 11 is 0. The van der Waals surface area contributed by atoms with E-state index in [1.165, 1.54) is 0 Å². The van der Waals surface area contributed by atoms with Crippen molar-refractivity contribution in [3.63, 3.8) is 0 Å². The molecule has 1 aliphatic rings. The molecule has 1 N–H and O–H groups in total. The van der Waals surface area contributed by atoms with Crippen molar-refractivity contribution in [1.82, 2.24) is 9.13 Å². The van der Waals surface area contributed by atoms with E-state index in [4.69, 9.17) is 5.11 Å². The summed E-state index contributed by atoms with van der Waals surface area (Å²) in [5, 5.41) is 9.15. The highest BCUT2D eigenvalue weighted by molar-refractivity contribution is 5.71. The highest BCUT2D eigenvalue weighted by Gasteiger charge is 2.47. The van der Waals surface area contributed by atoms with Crippen LogP contribution in [-0.2, 0) is 17.3 Å². The van der Waals surface area contributed by atoms with Gasteiger partial charge in [0.2, 0.25) is 0 Å². The van der Waals surface area contributed by atoms with Crippen LogP contribution >= 0.6 is 0 Å². The Kier molecular flexibility index (Phi) is 3.01. The molecule has 0 saturated heterocycles. The number of carboxylic acid groups (broad SMARTS) is 1. The molecular weight excluding hydrogens is 268 g/mol. The monoisotopic (exact) mass is 286 g/mol. The number of hydrogen-bond acceptors (Lipinski definition) is 2. The Morgan fingerprint density at radius 2 is 2.00 bits per heavy atom. The molecule has 1 saturated carbocycles. The van der Waals surface area contributed by atoms with Crippen LogP contribution in [0, 0.1) is 6.92 Å². The number of carbonyl (C=O) groups is 1. The third-order valence-electron chi connectivity index (χ3n) is 4.29. The first-order valence-corrected chi connectivity index (χ1v) is 7.01. The van der Waals surface area contributed by atoms with Crippen LogP contribution in [-0.4, -0.2) is 20.2 Å². The van der Waals surface area contributed by atoms with Crippen molar-refractivity contribution >= 4 is 5.97 Å². The minimum Gasteiger partial charge on any atom is -0.481 e. The molecule has 1 fully saturated rings. The molecular formula is C16H18N2O3. The van der Waals surface area contributed by atoms with Crippen LogP contribution in [0.3, 0.4) is 0 Å². The van der Waals surface area contributed by atoms with Gasteiger partial charge in [0.05, 0.1) is 12.1 Å². The molecule has 0 aliphatic heterocycles. The first-order valence-electron chi connectivity index (χ1n) is 7.01. The van der Waals surface area contributed by atoms with Crippen molar-refractivity contribution < 1.29 is 9.90 Å². The van der Waals surface area contributed by atoms with Crippen molar-refractivity contribution in [2.45, 2.75) is 31.6 Å². The number of rotatable bonds is 4. The largest absolute Gasteiger partial charge is 0.481 e. The van der Waals surface area contributed by atoms with Crippen LogP contribution in [0.25, 0.3) is 5.69 Å². The van der Waals surface area contributed by atoms with Gasteiger partial charge in [0.25, 0.3) is 0 Å². The van der Waals surface area contributed by atoms with E-state index in [2.05, 4.69) is 0 Å². The summed E-state index contributed by atoms with van der Waals surface area (Å²) in [6.07, 6.45) is 3.62. The Hall–Kier alpha value is -2.30. The molecule has 0 spiro atoms. The number of aliphatic carboxylic acids is 1. The van der Waals surface area contributed by atoms with E-state index < -0.39 is 5.97 Å². The first-order chi connectivity index (χ1) is 9.94. The Bertz CT molecular complexity index is 766. The molecule has 0 unspecified atom stereocenters. The molecule has 3 rings (SSSR count). The van der Waals surface area contributed by atoms with Gasteiger partial charge < -0.3 is 9.67 Å². The lowest BCUT2D eigenvalue weighted by atomic mass is 9.91. The van der Waals surface area contributed by atoms with E-state index in [1.807, 2.05) is 31.2 Å². The molecule has 5 nitrogen and oxygen atoms in total. The molecule has 0 amide bonds. The average Bonchev–Trinajstić information content (AvgIpc) is 3.13. The van der Waals surface area contributed by atoms with Gasteiger partial charge in [-0.1, -0.05) is 18.2 Å². The van der Waals surface area contributed by atoms with Crippen molar-refractivity contribution in [3.05, 3.63) is 52.2 Å². The lowest BCUT2D eigenvalue weighted by molar-refractivity contribution is -0.137. The van der Waals surface area contributed by atoms with Crippen LogP contribution in [0.4, 0.5) is 0 Å². The standard InChI is InChI=1S/C16H18N2O3/c1-11-10-17(2)15(21)18(11)13-6-4-3-5-12(13)16(7-8-16)9-14(19)20/h3-6,10H,7-9H2,1-2H3,(H,19,20). The number of hydrogen-bond donors (Lipinski definition) is 1. The summed E-state index contributed by atoms with van der Waals surface area (Å²) in [4.78, 5) is 23.5. The lowest BCUT2D eigenvalue weighted by Crippen LogP contribution is -2.24. The number of aryl methyl sites for hydroxylation is 2. The summed E-state index contributed by atoms with van der Waals surface area (Å²) < 4.78 is 3.21. The molecule has 0 atom stereocenters. The topological polar surface area (TPSA) is 64.2 Å². The maximum Gasteiger partial charge on any atom is 0.332 e. The fourth-order valence-corrected chi connectivity index (χ4v) is 3.09. The summed E-state index contributed by atoms with van der Waals surface area (Å²) in [5.74, 6) is -0.792. The second-order valence-corrected chi connectivity index (χ2v) is 5.87. The molecule has 1 aliphatic carbocycles. The predicted octanol–water partition coefficient (Wildman–Crippen LogP) is 1.99. The fraction of sp³-hybridized carbons (Fsp3) is 0.375. The second-order valence-electron chi connectivity index (χ2n) is 5.87. The van der Waals surface area contributed by atoms with Crippen molar-refractivity contribution in [2.75, 3.05) is 0 Å². The van der Waals surface area contributed by atoms with Crippen molar-refractivity contribution in [2.24, 2.45) is 7.05 Å². The maximum atomic E-state index is 12.3. The van der Waals surface area contributed by atoms with E-state index >= 15 is 0 Å². The lowest BCUT2D eigenvalue weighted by Gasteiger charge is -2.18. The third kappa shape index (κ3) is 2.18. The van der Waals surface area contributed by atoms with Crippen LogP contribution < -0.4 is 5.69 Å². The number of carboxylic acids is 1. The van der Waals surface area contributed by atoms with Gasteiger partial charge in [-0.3, -0.25) is 9.36 Å². The minimum absolute atomic E-state index is 0.105. The van der Waals surface area contributed by atoms with Crippen LogP contribution in [0.5, 0.6) is 0 Å². The maximum absolute atomic E-state index is 12.3. The van der Waals surface area contributed by atoms with Crippen LogP contribution in [0.1, 0.15) is 30.5 Å². The van der Waals surface area contributed by atoms with Gasteiger partial charge in [-0.2, -0.15) is 0 Å². The Morgan fingerprint density at radius 1 is 1.33 bits per heavy atom. The van der Waals surface area contributed by atoms with Crippen molar-refractivity contribution in [1.29, 1.82) is 0 Å². The molecule has 2 aromatic rings. The van der Waals surface area contributed by atoms with Crippen molar-refractivity contribution in [3.8, 4) is 5.69 Å². The SMILES string of the molecule is Cc1cn(C)c(=O)n1-c1ccccc1C1(CC(=O)O)CC1.